The van der Waals surface area contributed by atoms with Gasteiger partial charge in [0.15, 0.2) is 0 Å². The van der Waals surface area contributed by atoms with Crippen molar-refractivity contribution in [1.82, 2.24) is 4.98 Å². The van der Waals surface area contributed by atoms with E-state index in [1.807, 2.05) is 25.2 Å². The zero-order valence-corrected chi connectivity index (χ0v) is 12.9. The van der Waals surface area contributed by atoms with Crippen LogP contribution >= 0.6 is 11.6 Å². The number of rotatable bonds is 3. The van der Waals surface area contributed by atoms with Gasteiger partial charge in [0.25, 0.3) is 0 Å². The summed E-state index contributed by atoms with van der Waals surface area (Å²) in [4.78, 5) is 6.89. The van der Waals surface area contributed by atoms with Crippen LogP contribution in [0.1, 0.15) is 11.1 Å². The first-order valence-electron chi connectivity index (χ1n) is 6.94. The Labute approximate surface area is 130 Å². The van der Waals surface area contributed by atoms with Crippen molar-refractivity contribution in [2.45, 2.75) is 12.8 Å². The Kier molecular flexibility index (Phi) is 3.80. The maximum atomic E-state index is 6.13. The van der Waals surface area contributed by atoms with Crippen LogP contribution in [-0.4, -0.2) is 12.0 Å². The molecule has 0 aliphatic rings. The van der Waals surface area contributed by atoms with E-state index in [1.54, 1.807) is 0 Å². The summed E-state index contributed by atoms with van der Waals surface area (Å²) in [6.45, 7) is 2.09. The molecule has 1 heterocycles. The first kappa shape index (κ1) is 13.9. The molecule has 21 heavy (non-hydrogen) atoms. The van der Waals surface area contributed by atoms with E-state index in [-0.39, 0.29) is 0 Å². The summed E-state index contributed by atoms with van der Waals surface area (Å²) in [5, 5.41) is 1.12. The van der Waals surface area contributed by atoms with E-state index in [9.17, 15) is 0 Å². The predicted molar refractivity (Wildman–Crippen MR) is 90.5 cm³/mol. The number of halogens is 1. The van der Waals surface area contributed by atoms with Crippen molar-refractivity contribution < 1.29 is 0 Å². The van der Waals surface area contributed by atoms with Crippen LogP contribution in [-0.2, 0) is 5.88 Å². The van der Waals surface area contributed by atoms with Gasteiger partial charge < -0.3 is 4.90 Å². The van der Waals surface area contributed by atoms with Gasteiger partial charge in [0, 0.05) is 23.7 Å². The monoisotopic (exact) mass is 296 g/mol. The molecule has 106 valence electrons. The largest absolute Gasteiger partial charge is 0.329 e. The van der Waals surface area contributed by atoms with Crippen LogP contribution in [0.25, 0.3) is 10.9 Å². The third-order valence-corrected chi connectivity index (χ3v) is 3.92. The van der Waals surface area contributed by atoms with Gasteiger partial charge in [0.2, 0.25) is 0 Å². The quantitative estimate of drug-likeness (QED) is 0.629. The highest BCUT2D eigenvalue weighted by atomic mass is 35.5. The van der Waals surface area contributed by atoms with Gasteiger partial charge in [-0.05, 0) is 36.8 Å². The van der Waals surface area contributed by atoms with Crippen molar-refractivity contribution in [1.29, 1.82) is 0 Å². The molecule has 0 aliphatic heterocycles. The zero-order chi connectivity index (χ0) is 14.8. The van der Waals surface area contributed by atoms with Gasteiger partial charge in [-0.3, -0.25) is 0 Å². The Bertz CT molecular complexity index is 783. The number of aryl methyl sites for hydroxylation is 1. The van der Waals surface area contributed by atoms with Crippen LogP contribution in [0.15, 0.2) is 54.6 Å². The highest BCUT2D eigenvalue weighted by Gasteiger charge is 2.12. The Morgan fingerprint density at radius 1 is 1.05 bits per heavy atom. The molecular weight excluding hydrogens is 280 g/mol. The number of benzene rings is 2. The summed E-state index contributed by atoms with van der Waals surface area (Å²) in [6.07, 6.45) is 0. The highest BCUT2D eigenvalue weighted by molar-refractivity contribution is 6.17. The normalized spacial score (nSPS) is 10.8. The third kappa shape index (κ3) is 2.72. The van der Waals surface area contributed by atoms with Crippen LogP contribution in [0.5, 0.6) is 0 Å². The molecule has 1 aromatic heterocycles. The molecule has 3 aromatic rings. The van der Waals surface area contributed by atoms with Crippen molar-refractivity contribution in [3.63, 3.8) is 0 Å². The molecule has 0 spiro atoms. The molecule has 3 rings (SSSR count). The van der Waals surface area contributed by atoms with Crippen LogP contribution < -0.4 is 4.90 Å². The standard InChI is InChI=1S/C18H17ClN2/c1-13-6-5-8-16(10-13)21(2)18-15(12-19)11-14-7-3-4-9-17(14)20-18/h3-11H,12H2,1-2H3. The number of para-hydroxylation sites is 1. The topological polar surface area (TPSA) is 16.1 Å². The maximum Gasteiger partial charge on any atom is 0.137 e. The van der Waals surface area contributed by atoms with Crippen LogP contribution in [0.4, 0.5) is 11.5 Å². The summed E-state index contributed by atoms with van der Waals surface area (Å²) in [7, 11) is 2.03. The van der Waals surface area contributed by atoms with E-state index in [4.69, 9.17) is 16.6 Å². The molecule has 0 amide bonds. The number of aromatic nitrogens is 1. The number of fused-ring (bicyclic) bond motifs is 1. The van der Waals surface area contributed by atoms with E-state index in [0.717, 1.165) is 28.0 Å². The zero-order valence-electron chi connectivity index (χ0n) is 12.2. The van der Waals surface area contributed by atoms with Gasteiger partial charge in [0.1, 0.15) is 5.82 Å². The Balaban J connectivity index is 2.14. The molecule has 0 fully saturated rings. The van der Waals surface area contributed by atoms with Crippen molar-refractivity contribution in [2.75, 3.05) is 11.9 Å². The lowest BCUT2D eigenvalue weighted by Gasteiger charge is -2.22. The molecular formula is C18H17ClN2. The second kappa shape index (κ2) is 5.74. The van der Waals surface area contributed by atoms with E-state index < -0.39 is 0 Å². The number of alkyl halides is 1. The van der Waals surface area contributed by atoms with Gasteiger partial charge in [-0.2, -0.15) is 0 Å². The summed E-state index contributed by atoms with van der Waals surface area (Å²) < 4.78 is 0. The average Bonchev–Trinajstić information content (AvgIpc) is 2.53. The minimum absolute atomic E-state index is 0.448. The second-order valence-corrected chi connectivity index (χ2v) is 5.46. The summed E-state index contributed by atoms with van der Waals surface area (Å²) in [5.41, 5.74) is 4.37. The predicted octanol–water partition coefficient (Wildman–Crippen LogP) is 5.05. The van der Waals surface area contributed by atoms with E-state index in [0.29, 0.717) is 5.88 Å². The summed E-state index contributed by atoms with van der Waals surface area (Å²) >= 11 is 6.13. The number of hydrogen-bond acceptors (Lipinski definition) is 2. The maximum absolute atomic E-state index is 6.13. The van der Waals surface area contributed by atoms with E-state index >= 15 is 0 Å². The van der Waals surface area contributed by atoms with Crippen LogP contribution in [0, 0.1) is 6.92 Å². The fourth-order valence-electron chi connectivity index (χ4n) is 2.50. The molecule has 2 nitrogen and oxygen atoms in total. The van der Waals surface area contributed by atoms with E-state index in [1.165, 1.54) is 5.56 Å². The smallest absolute Gasteiger partial charge is 0.137 e. The number of pyridine rings is 1. The lowest BCUT2D eigenvalue weighted by molar-refractivity contribution is 1.11. The molecule has 0 N–H and O–H groups in total. The number of hydrogen-bond donors (Lipinski definition) is 0. The molecule has 0 saturated carbocycles. The van der Waals surface area contributed by atoms with Crippen molar-refractivity contribution in [3.8, 4) is 0 Å². The van der Waals surface area contributed by atoms with Gasteiger partial charge in [-0.25, -0.2) is 4.98 Å². The molecule has 3 heteroatoms. The Morgan fingerprint density at radius 3 is 2.62 bits per heavy atom. The van der Waals surface area contributed by atoms with Crippen molar-refractivity contribution in [2.24, 2.45) is 0 Å². The van der Waals surface area contributed by atoms with Gasteiger partial charge in [-0.1, -0.05) is 30.3 Å². The number of anilines is 2. The fourth-order valence-corrected chi connectivity index (χ4v) is 2.69. The lowest BCUT2D eigenvalue weighted by atomic mass is 10.1. The molecule has 0 atom stereocenters. The molecule has 2 aromatic carbocycles. The minimum Gasteiger partial charge on any atom is -0.329 e. The Hall–Kier alpha value is -2.06. The minimum atomic E-state index is 0.448. The number of nitrogens with zero attached hydrogens (tertiary/aromatic N) is 2. The van der Waals surface area contributed by atoms with Gasteiger partial charge in [-0.15, -0.1) is 11.6 Å². The summed E-state index contributed by atoms with van der Waals surface area (Å²) in [5.74, 6) is 1.36. The summed E-state index contributed by atoms with van der Waals surface area (Å²) in [6, 6.07) is 18.6. The van der Waals surface area contributed by atoms with Crippen molar-refractivity contribution in [3.05, 3.63) is 65.7 Å². The van der Waals surface area contributed by atoms with Crippen molar-refractivity contribution >= 4 is 34.0 Å². The fraction of sp³-hybridized carbons (Fsp3) is 0.167. The van der Waals surface area contributed by atoms with Crippen LogP contribution in [0.3, 0.4) is 0 Å². The van der Waals surface area contributed by atoms with Gasteiger partial charge >= 0.3 is 0 Å². The highest BCUT2D eigenvalue weighted by Crippen LogP contribution is 2.29. The molecule has 0 saturated heterocycles. The molecule has 0 bridgehead atoms. The first-order valence-corrected chi connectivity index (χ1v) is 7.47. The van der Waals surface area contributed by atoms with E-state index in [2.05, 4.69) is 48.2 Å². The third-order valence-electron chi connectivity index (χ3n) is 3.63. The first-order chi connectivity index (χ1) is 10.2. The lowest BCUT2D eigenvalue weighted by Crippen LogP contribution is -2.13. The average molecular weight is 297 g/mol. The second-order valence-electron chi connectivity index (χ2n) is 5.20. The molecule has 0 unspecified atom stereocenters. The molecule has 0 aliphatic carbocycles. The van der Waals surface area contributed by atoms with Crippen LogP contribution in [0.2, 0.25) is 0 Å². The van der Waals surface area contributed by atoms with Gasteiger partial charge in [0.05, 0.1) is 11.4 Å². The SMILES string of the molecule is Cc1cccc(N(C)c2nc3ccccc3cc2CCl)c1. The molecule has 0 radical (unpaired) electrons. The Morgan fingerprint density at radius 2 is 1.86 bits per heavy atom.